The van der Waals surface area contributed by atoms with Gasteiger partial charge >= 0.3 is 0 Å². The summed E-state index contributed by atoms with van der Waals surface area (Å²) >= 11 is 0. The molecule has 0 unspecified atom stereocenters. The lowest BCUT2D eigenvalue weighted by Crippen LogP contribution is -2.45. The monoisotopic (exact) mass is 281 g/mol. The predicted octanol–water partition coefficient (Wildman–Crippen LogP) is 1.71. The van der Waals surface area contributed by atoms with Crippen molar-refractivity contribution in [1.82, 2.24) is 15.1 Å². The molecule has 0 aliphatic carbocycles. The quantitative estimate of drug-likeness (QED) is 0.753. The number of rotatable bonds is 6. The van der Waals surface area contributed by atoms with Gasteiger partial charge in [0.25, 0.3) is 0 Å². The fourth-order valence-electron chi connectivity index (χ4n) is 3.27. The van der Waals surface area contributed by atoms with Crippen LogP contribution in [-0.4, -0.2) is 61.5 Å². The third-order valence-corrected chi connectivity index (χ3v) is 4.63. The van der Waals surface area contributed by atoms with Crippen LogP contribution in [0.1, 0.15) is 45.4 Å². The molecule has 0 aromatic rings. The Morgan fingerprint density at radius 3 is 2.45 bits per heavy atom. The normalized spacial score (nSPS) is 22.1. The zero-order chi connectivity index (χ0) is 14.2. The average Bonchev–Trinajstić information content (AvgIpc) is 2.50. The Labute approximate surface area is 123 Å². The van der Waals surface area contributed by atoms with Crippen molar-refractivity contribution in [2.45, 2.75) is 45.4 Å². The zero-order valence-electron chi connectivity index (χ0n) is 13.1. The van der Waals surface area contributed by atoms with E-state index in [1.165, 1.54) is 38.5 Å². The third kappa shape index (κ3) is 5.06. The first kappa shape index (κ1) is 15.8. The second kappa shape index (κ2) is 8.63. The number of piperidine rings is 2. The molecule has 0 spiro atoms. The number of nitrogens with one attached hydrogen (secondary N) is 1. The van der Waals surface area contributed by atoms with Gasteiger partial charge in [0.2, 0.25) is 5.91 Å². The molecule has 4 nitrogen and oxygen atoms in total. The minimum Gasteiger partial charge on any atom is -0.342 e. The molecule has 2 heterocycles. The number of likely N-dealkylation sites (tertiary alicyclic amines) is 2. The molecule has 1 N–H and O–H groups in total. The van der Waals surface area contributed by atoms with E-state index in [0.29, 0.717) is 12.5 Å². The highest BCUT2D eigenvalue weighted by Gasteiger charge is 2.23. The van der Waals surface area contributed by atoms with E-state index < -0.39 is 0 Å². The van der Waals surface area contributed by atoms with E-state index in [9.17, 15) is 4.79 Å². The Balaban J connectivity index is 1.62. The largest absolute Gasteiger partial charge is 0.342 e. The lowest BCUT2D eigenvalue weighted by Gasteiger charge is -2.34. The first-order chi connectivity index (χ1) is 9.79. The van der Waals surface area contributed by atoms with Gasteiger partial charge in [0, 0.05) is 13.1 Å². The molecule has 2 fully saturated rings. The summed E-state index contributed by atoms with van der Waals surface area (Å²) in [6, 6.07) is 0. The lowest BCUT2D eigenvalue weighted by atomic mass is 9.96. The van der Waals surface area contributed by atoms with Crippen LogP contribution in [0.25, 0.3) is 0 Å². The summed E-state index contributed by atoms with van der Waals surface area (Å²) in [5.74, 6) is 1.16. The van der Waals surface area contributed by atoms with E-state index in [0.717, 1.165) is 45.2 Å². The van der Waals surface area contributed by atoms with Gasteiger partial charge in [0.15, 0.2) is 0 Å². The second-order valence-electron chi connectivity index (χ2n) is 6.37. The fraction of sp³-hybridized carbons (Fsp3) is 0.938. The van der Waals surface area contributed by atoms with Crippen molar-refractivity contribution in [2.75, 3.05) is 45.8 Å². The molecule has 0 aromatic carbocycles. The molecule has 1 amide bonds. The number of nitrogens with zero attached hydrogens (tertiary/aromatic N) is 2. The van der Waals surface area contributed by atoms with Crippen molar-refractivity contribution in [1.29, 1.82) is 0 Å². The van der Waals surface area contributed by atoms with Gasteiger partial charge in [0.1, 0.15) is 0 Å². The molecule has 0 radical (unpaired) electrons. The van der Waals surface area contributed by atoms with E-state index in [2.05, 4.69) is 22.0 Å². The molecule has 4 heteroatoms. The highest BCUT2D eigenvalue weighted by Crippen LogP contribution is 2.17. The minimum absolute atomic E-state index is 0.354. The molecule has 0 saturated carbocycles. The van der Waals surface area contributed by atoms with Crippen LogP contribution in [0.4, 0.5) is 0 Å². The van der Waals surface area contributed by atoms with E-state index in [1.54, 1.807) is 0 Å². The summed E-state index contributed by atoms with van der Waals surface area (Å²) in [6.07, 6.45) is 7.37. The fourth-order valence-corrected chi connectivity index (χ4v) is 3.27. The van der Waals surface area contributed by atoms with Gasteiger partial charge in [-0.15, -0.1) is 0 Å². The van der Waals surface area contributed by atoms with Gasteiger partial charge < -0.3 is 10.2 Å². The Bertz CT molecular complexity index is 281. The molecule has 2 aliphatic rings. The highest BCUT2D eigenvalue weighted by atomic mass is 16.2. The molecule has 2 rings (SSSR count). The zero-order valence-corrected chi connectivity index (χ0v) is 13.1. The van der Waals surface area contributed by atoms with E-state index in [4.69, 9.17) is 0 Å². The van der Waals surface area contributed by atoms with Gasteiger partial charge in [-0.2, -0.15) is 0 Å². The van der Waals surface area contributed by atoms with Crippen LogP contribution in [-0.2, 0) is 4.79 Å². The summed E-state index contributed by atoms with van der Waals surface area (Å²) in [5.41, 5.74) is 0. The van der Waals surface area contributed by atoms with Crippen molar-refractivity contribution >= 4 is 5.91 Å². The van der Waals surface area contributed by atoms with Crippen LogP contribution in [0.3, 0.4) is 0 Å². The highest BCUT2D eigenvalue weighted by molar-refractivity contribution is 5.78. The molecule has 0 aromatic heterocycles. The first-order valence-corrected chi connectivity index (χ1v) is 8.50. The molecule has 20 heavy (non-hydrogen) atoms. The summed E-state index contributed by atoms with van der Waals surface area (Å²) in [5, 5.41) is 3.52. The van der Waals surface area contributed by atoms with Crippen LogP contribution in [0.2, 0.25) is 0 Å². The van der Waals surface area contributed by atoms with Gasteiger partial charge in [0.05, 0.1) is 6.54 Å². The molecule has 116 valence electrons. The van der Waals surface area contributed by atoms with E-state index >= 15 is 0 Å². The second-order valence-corrected chi connectivity index (χ2v) is 6.37. The maximum atomic E-state index is 12.2. The van der Waals surface area contributed by atoms with Crippen LogP contribution >= 0.6 is 0 Å². The minimum atomic E-state index is 0.354. The SMILES string of the molecule is CCCNCC1CCN(CC(=O)N2CCCCC2)CC1. The number of carbonyl (C=O) groups is 1. The molecule has 2 saturated heterocycles. The van der Waals surface area contributed by atoms with E-state index in [-0.39, 0.29) is 0 Å². The van der Waals surface area contributed by atoms with Crippen LogP contribution in [0.15, 0.2) is 0 Å². The standard InChI is InChI=1S/C16H31N3O/c1-2-8-17-13-15-6-11-18(12-7-15)14-16(20)19-9-4-3-5-10-19/h15,17H,2-14H2,1H3. The smallest absolute Gasteiger partial charge is 0.236 e. The van der Waals surface area contributed by atoms with Crippen LogP contribution in [0.5, 0.6) is 0 Å². The average molecular weight is 281 g/mol. The number of amides is 1. The van der Waals surface area contributed by atoms with E-state index in [1.807, 2.05) is 0 Å². The maximum Gasteiger partial charge on any atom is 0.236 e. The molecule has 2 aliphatic heterocycles. The molecule has 0 bridgehead atoms. The topological polar surface area (TPSA) is 35.6 Å². The van der Waals surface area contributed by atoms with Crippen molar-refractivity contribution in [2.24, 2.45) is 5.92 Å². The van der Waals surface area contributed by atoms with Gasteiger partial charge in [-0.1, -0.05) is 6.92 Å². The Kier molecular flexibility index (Phi) is 6.80. The van der Waals surface area contributed by atoms with Crippen LogP contribution < -0.4 is 5.32 Å². The molecular weight excluding hydrogens is 250 g/mol. The maximum absolute atomic E-state index is 12.2. The number of carbonyl (C=O) groups excluding carboxylic acids is 1. The Morgan fingerprint density at radius 1 is 1.10 bits per heavy atom. The predicted molar refractivity (Wildman–Crippen MR) is 82.8 cm³/mol. The summed E-state index contributed by atoms with van der Waals surface area (Å²) in [4.78, 5) is 16.7. The summed E-state index contributed by atoms with van der Waals surface area (Å²) in [6.45, 7) is 9.30. The van der Waals surface area contributed by atoms with Crippen LogP contribution in [0, 0.1) is 5.92 Å². The van der Waals surface area contributed by atoms with Crippen molar-refractivity contribution in [3.05, 3.63) is 0 Å². The molecular formula is C16H31N3O. The van der Waals surface area contributed by atoms with Gasteiger partial charge in [-0.25, -0.2) is 0 Å². The Hall–Kier alpha value is -0.610. The summed E-state index contributed by atoms with van der Waals surface area (Å²) < 4.78 is 0. The number of hydrogen-bond donors (Lipinski definition) is 1. The lowest BCUT2D eigenvalue weighted by molar-refractivity contribution is -0.133. The first-order valence-electron chi connectivity index (χ1n) is 8.50. The van der Waals surface area contributed by atoms with Crippen molar-refractivity contribution in [3.63, 3.8) is 0 Å². The number of hydrogen-bond acceptors (Lipinski definition) is 3. The van der Waals surface area contributed by atoms with Crippen molar-refractivity contribution in [3.8, 4) is 0 Å². The third-order valence-electron chi connectivity index (χ3n) is 4.63. The van der Waals surface area contributed by atoms with Gasteiger partial charge in [-0.05, 0) is 70.6 Å². The van der Waals surface area contributed by atoms with Crippen molar-refractivity contribution < 1.29 is 4.79 Å². The molecule has 0 atom stereocenters. The summed E-state index contributed by atoms with van der Waals surface area (Å²) in [7, 11) is 0. The van der Waals surface area contributed by atoms with Gasteiger partial charge in [-0.3, -0.25) is 9.69 Å². The Morgan fingerprint density at radius 2 is 1.80 bits per heavy atom.